The summed E-state index contributed by atoms with van der Waals surface area (Å²) in [6, 6.07) is 8.31. The number of nitrogens with zero attached hydrogens (tertiary/aromatic N) is 1. The minimum absolute atomic E-state index is 0.0448. The summed E-state index contributed by atoms with van der Waals surface area (Å²) in [6.07, 6.45) is 0. The lowest BCUT2D eigenvalue weighted by molar-refractivity contribution is 0.0169. The summed E-state index contributed by atoms with van der Waals surface area (Å²) in [5.41, 5.74) is -0.105. The number of halogens is 2. The van der Waals surface area contributed by atoms with Gasteiger partial charge < -0.3 is 10.1 Å². The van der Waals surface area contributed by atoms with Crippen molar-refractivity contribution in [1.29, 1.82) is 0 Å². The van der Waals surface area contributed by atoms with Crippen molar-refractivity contribution < 1.29 is 13.9 Å². The Labute approximate surface area is 149 Å². The summed E-state index contributed by atoms with van der Waals surface area (Å²) in [6.45, 7) is 3.35. The molecule has 2 aromatic rings. The molecule has 2 heterocycles. The van der Waals surface area contributed by atoms with Crippen LogP contribution in [0.15, 0.2) is 35.7 Å². The van der Waals surface area contributed by atoms with Crippen LogP contribution in [0.4, 0.5) is 4.39 Å². The summed E-state index contributed by atoms with van der Waals surface area (Å²) < 4.78 is 19.3. The van der Waals surface area contributed by atoms with Gasteiger partial charge in [-0.3, -0.25) is 9.69 Å². The van der Waals surface area contributed by atoms with Crippen molar-refractivity contribution in [3.05, 3.63) is 57.0 Å². The van der Waals surface area contributed by atoms with E-state index in [9.17, 15) is 9.18 Å². The smallest absolute Gasteiger partial charge is 0.255 e. The van der Waals surface area contributed by atoms with Crippen molar-refractivity contribution in [2.24, 2.45) is 0 Å². The van der Waals surface area contributed by atoms with Crippen LogP contribution < -0.4 is 5.32 Å². The van der Waals surface area contributed by atoms with Crippen LogP contribution in [-0.4, -0.2) is 43.7 Å². The molecule has 1 aliphatic rings. The zero-order chi connectivity index (χ0) is 16.9. The molecule has 7 heteroatoms. The molecule has 0 aliphatic carbocycles. The molecule has 1 aromatic carbocycles. The van der Waals surface area contributed by atoms with Gasteiger partial charge in [-0.15, -0.1) is 11.3 Å². The maximum atomic E-state index is 13.9. The second-order valence-corrected chi connectivity index (χ2v) is 6.87. The lowest BCUT2D eigenvalue weighted by atomic mass is 10.1. The van der Waals surface area contributed by atoms with E-state index >= 15 is 0 Å². The Morgan fingerprint density at radius 1 is 1.33 bits per heavy atom. The average Bonchev–Trinajstić information content (AvgIpc) is 3.10. The summed E-state index contributed by atoms with van der Waals surface area (Å²) >= 11 is 7.61. The Morgan fingerprint density at radius 3 is 2.79 bits per heavy atom. The molecule has 3 rings (SSSR count). The van der Waals surface area contributed by atoms with Gasteiger partial charge in [0.15, 0.2) is 0 Å². The first kappa shape index (κ1) is 17.4. The standard InChI is InChI=1S/C17H18ClFN2O2S/c18-12-3-1-4-13(19)16(12)17(22)20-11-14(15-5-2-10-24-15)21-6-8-23-9-7-21/h1-5,10,14H,6-9,11H2,(H,20,22)/t14-/m1/s1. The van der Waals surface area contributed by atoms with Crippen LogP contribution in [0.25, 0.3) is 0 Å². The predicted octanol–water partition coefficient (Wildman–Crippen LogP) is 3.34. The number of carbonyl (C=O) groups excluding carboxylic acids is 1. The minimum atomic E-state index is -0.612. The fourth-order valence-corrected chi connectivity index (χ4v) is 3.88. The number of nitrogens with one attached hydrogen (secondary N) is 1. The highest BCUT2D eigenvalue weighted by Crippen LogP contribution is 2.26. The third-order valence-corrected chi connectivity index (χ3v) is 5.29. The van der Waals surface area contributed by atoms with E-state index in [1.54, 1.807) is 11.3 Å². The highest BCUT2D eigenvalue weighted by atomic mass is 35.5. The van der Waals surface area contributed by atoms with Crippen LogP contribution in [0.3, 0.4) is 0 Å². The predicted molar refractivity (Wildman–Crippen MR) is 93.2 cm³/mol. The van der Waals surface area contributed by atoms with Gasteiger partial charge in [0.2, 0.25) is 0 Å². The lowest BCUT2D eigenvalue weighted by Gasteiger charge is -2.34. The Bertz CT molecular complexity index is 670. The van der Waals surface area contributed by atoms with Crippen LogP contribution in [-0.2, 0) is 4.74 Å². The van der Waals surface area contributed by atoms with Gasteiger partial charge >= 0.3 is 0 Å². The first-order chi connectivity index (χ1) is 11.7. The van der Waals surface area contributed by atoms with E-state index in [0.29, 0.717) is 19.8 Å². The average molecular weight is 369 g/mol. The summed E-state index contributed by atoms with van der Waals surface area (Å²) in [5, 5.41) is 4.96. The monoisotopic (exact) mass is 368 g/mol. The van der Waals surface area contributed by atoms with Crippen LogP contribution in [0.5, 0.6) is 0 Å². The van der Waals surface area contributed by atoms with Crippen molar-refractivity contribution in [2.75, 3.05) is 32.8 Å². The largest absolute Gasteiger partial charge is 0.379 e. The van der Waals surface area contributed by atoms with Crippen LogP contribution in [0.1, 0.15) is 21.3 Å². The highest BCUT2D eigenvalue weighted by molar-refractivity contribution is 7.10. The molecule has 0 radical (unpaired) electrons. The topological polar surface area (TPSA) is 41.6 Å². The molecule has 1 aliphatic heterocycles. The van der Waals surface area contributed by atoms with E-state index in [2.05, 4.69) is 10.2 Å². The van der Waals surface area contributed by atoms with Crippen molar-refractivity contribution in [3.8, 4) is 0 Å². The van der Waals surface area contributed by atoms with Gasteiger partial charge in [0.1, 0.15) is 5.82 Å². The van der Waals surface area contributed by atoms with Gasteiger partial charge in [0.05, 0.1) is 29.8 Å². The summed E-state index contributed by atoms with van der Waals surface area (Å²) in [5.74, 6) is -1.10. The summed E-state index contributed by atoms with van der Waals surface area (Å²) in [4.78, 5) is 15.8. The van der Waals surface area contributed by atoms with Gasteiger partial charge in [0.25, 0.3) is 5.91 Å². The van der Waals surface area contributed by atoms with Crippen LogP contribution >= 0.6 is 22.9 Å². The molecule has 0 spiro atoms. The SMILES string of the molecule is O=C(NC[C@H](c1cccs1)N1CCOCC1)c1c(F)cccc1Cl. The number of thiophene rings is 1. The molecule has 0 bridgehead atoms. The van der Waals surface area contributed by atoms with Crippen molar-refractivity contribution in [1.82, 2.24) is 10.2 Å². The molecule has 1 fully saturated rings. The second-order valence-electron chi connectivity index (χ2n) is 5.49. The number of hydrogen-bond donors (Lipinski definition) is 1. The molecule has 1 aromatic heterocycles. The van der Waals surface area contributed by atoms with Gasteiger partial charge in [0, 0.05) is 24.5 Å². The number of ether oxygens (including phenoxy) is 1. The summed E-state index contributed by atoms with van der Waals surface area (Å²) in [7, 11) is 0. The third kappa shape index (κ3) is 3.95. The maximum Gasteiger partial charge on any atom is 0.255 e. The molecule has 1 amide bonds. The number of amides is 1. The second kappa shape index (κ2) is 8.07. The molecule has 1 atom stereocenters. The molecule has 24 heavy (non-hydrogen) atoms. The van der Waals surface area contributed by atoms with E-state index in [-0.39, 0.29) is 16.6 Å². The Morgan fingerprint density at radius 2 is 2.12 bits per heavy atom. The van der Waals surface area contributed by atoms with Gasteiger partial charge in [-0.25, -0.2) is 4.39 Å². The van der Waals surface area contributed by atoms with Crippen LogP contribution in [0, 0.1) is 5.82 Å². The Kier molecular flexibility index (Phi) is 5.84. The van der Waals surface area contributed by atoms with E-state index < -0.39 is 11.7 Å². The first-order valence-corrected chi connectivity index (χ1v) is 9.00. The number of morpholine rings is 1. The molecular formula is C17H18ClFN2O2S. The lowest BCUT2D eigenvalue weighted by Crippen LogP contribution is -2.43. The fraction of sp³-hybridized carbons (Fsp3) is 0.353. The van der Waals surface area contributed by atoms with Crippen LogP contribution in [0.2, 0.25) is 5.02 Å². The number of carbonyl (C=O) groups is 1. The zero-order valence-corrected chi connectivity index (χ0v) is 14.6. The van der Waals surface area contributed by atoms with E-state index in [1.807, 2.05) is 17.5 Å². The molecule has 128 valence electrons. The van der Waals surface area contributed by atoms with Gasteiger partial charge in [-0.05, 0) is 23.6 Å². The molecular weight excluding hydrogens is 351 g/mol. The number of hydrogen-bond acceptors (Lipinski definition) is 4. The molecule has 1 N–H and O–H groups in total. The zero-order valence-electron chi connectivity index (χ0n) is 13.0. The van der Waals surface area contributed by atoms with Crippen molar-refractivity contribution >= 4 is 28.8 Å². The normalized spacial score (nSPS) is 16.8. The third-order valence-electron chi connectivity index (χ3n) is 4.00. The van der Waals surface area contributed by atoms with E-state index in [4.69, 9.17) is 16.3 Å². The minimum Gasteiger partial charge on any atom is -0.379 e. The van der Waals surface area contributed by atoms with Gasteiger partial charge in [-0.1, -0.05) is 23.7 Å². The van der Waals surface area contributed by atoms with Crippen molar-refractivity contribution in [3.63, 3.8) is 0 Å². The first-order valence-electron chi connectivity index (χ1n) is 7.74. The molecule has 1 saturated heterocycles. The van der Waals surface area contributed by atoms with E-state index in [1.165, 1.54) is 18.2 Å². The number of benzene rings is 1. The molecule has 0 saturated carbocycles. The highest BCUT2D eigenvalue weighted by Gasteiger charge is 2.25. The molecule has 0 unspecified atom stereocenters. The maximum absolute atomic E-state index is 13.9. The van der Waals surface area contributed by atoms with Gasteiger partial charge in [-0.2, -0.15) is 0 Å². The van der Waals surface area contributed by atoms with Crippen molar-refractivity contribution in [2.45, 2.75) is 6.04 Å². The van der Waals surface area contributed by atoms with E-state index in [0.717, 1.165) is 18.0 Å². The molecule has 4 nitrogen and oxygen atoms in total. The number of rotatable bonds is 5. The fourth-order valence-electron chi connectivity index (χ4n) is 2.77. The Hall–Kier alpha value is -1.47. The quantitative estimate of drug-likeness (QED) is 0.880. The Balaban J connectivity index is 1.72.